The highest BCUT2D eigenvalue weighted by Crippen LogP contribution is 2.35. The maximum absolute atomic E-state index is 13.1. The van der Waals surface area contributed by atoms with Gasteiger partial charge < -0.3 is 4.57 Å². The Bertz CT molecular complexity index is 1080. The molecule has 1 aromatic carbocycles. The lowest BCUT2D eigenvalue weighted by Gasteiger charge is -2.23. The van der Waals surface area contributed by atoms with E-state index in [-0.39, 0.29) is 16.9 Å². The fourth-order valence-electron chi connectivity index (χ4n) is 3.56. The van der Waals surface area contributed by atoms with Crippen LogP contribution in [0.3, 0.4) is 0 Å². The number of nitrogens with zero attached hydrogens (tertiary/aromatic N) is 4. The predicted molar refractivity (Wildman–Crippen MR) is 103 cm³/mol. The number of sulfonamides is 1. The third-order valence-electron chi connectivity index (χ3n) is 4.93. The third kappa shape index (κ3) is 3.70. The van der Waals surface area contributed by atoms with Gasteiger partial charge in [-0.05, 0) is 42.7 Å². The molecule has 1 saturated heterocycles. The zero-order chi connectivity index (χ0) is 19.7. The molecule has 0 amide bonds. The first-order valence-corrected chi connectivity index (χ1v) is 10.6. The standard InChI is InChI=1S/C20H21FN4O2S/c1-24-13-20(22-14-24)28(26,27)25-11-3-6-19(25)18-5-2-4-17(23-18)12-15-7-9-16(21)10-8-15/h2,4-5,7-10,13-14,19H,3,6,11-12H2,1H3/t19-/m0/s1. The topological polar surface area (TPSA) is 68.1 Å². The number of pyridine rings is 1. The molecule has 0 unspecified atom stereocenters. The SMILES string of the molecule is Cn1cnc(S(=O)(=O)N2CCC[C@H]2c2cccc(Cc3ccc(F)cc3)n2)c1. The van der Waals surface area contributed by atoms with E-state index in [9.17, 15) is 12.8 Å². The van der Waals surface area contributed by atoms with E-state index in [2.05, 4.69) is 4.98 Å². The Morgan fingerprint density at radius 3 is 2.68 bits per heavy atom. The predicted octanol–water partition coefficient (Wildman–Crippen LogP) is 3.07. The van der Waals surface area contributed by atoms with Crippen molar-refractivity contribution in [3.63, 3.8) is 0 Å². The number of aryl methyl sites for hydroxylation is 1. The van der Waals surface area contributed by atoms with Crippen LogP contribution in [0.15, 0.2) is 60.0 Å². The summed E-state index contributed by atoms with van der Waals surface area (Å²) in [5.74, 6) is -0.271. The van der Waals surface area contributed by atoms with Crippen LogP contribution in [0, 0.1) is 5.82 Å². The molecule has 4 rings (SSSR count). The van der Waals surface area contributed by atoms with Crippen molar-refractivity contribution in [2.75, 3.05) is 6.54 Å². The second-order valence-corrected chi connectivity index (χ2v) is 8.85. The van der Waals surface area contributed by atoms with Gasteiger partial charge in [0.15, 0.2) is 5.03 Å². The largest absolute Gasteiger partial charge is 0.339 e. The van der Waals surface area contributed by atoms with Gasteiger partial charge in [0, 0.05) is 31.9 Å². The van der Waals surface area contributed by atoms with Crippen LogP contribution in [0.2, 0.25) is 0 Å². The Balaban J connectivity index is 1.60. The lowest BCUT2D eigenvalue weighted by atomic mass is 10.1. The van der Waals surface area contributed by atoms with Gasteiger partial charge in [-0.15, -0.1) is 0 Å². The highest BCUT2D eigenvalue weighted by atomic mass is 32.2. The first kappa shape index (κ1) is 18.8. The van der Waals surface area contributed by atoms with Gasteiger partial charge in [0.05, 0.1) is 18.1 Å². The molecule has 0 N–H and O–H groups in total. The van der Waals surface area contributed by atoms with E-state index in [1.54, 1.807) is 23.7 Å². The number of hydrogen-bond donors (Lipinski definition) is 0. The third-order valence-corrected chi connectivity index (χ3v) is 6.72. The molecule has 1 atom stereocenters. The quantitative estimate of drug-likeness (QED) is 0.660. The second kappa shape index (κ2) is 7.44. The van der Waals surface area contributed by atoms with Gasteiger partial charge in [-0.1, -0.05) is 18.2 Å². The summed E-state index contributed by atoms with van der Waals surface area (Å²) in [7, 11) is -1.93. The van der Waals surface area contributed by atoms with E-state index in [4.69, 9.17) is 4.98 Å². The molecule has 3 aromatic rings. The van der Waals surface area contributed by atoms with E-state index in [1.165, 1.54) is 29.0 Å². The average Bonchev–Trinajstić information content (AvgIpc) is 3.34. The van der Waals surface area contributed by atoms with Gasteiger partial charge in [0.25, 0.3) is 10.0 Å². The fraction of sp³-hybridized carbons (Fsp3) is 0.300. The normalized spacial score (nSPS) is 17.9. The minimum atomic E-state index is -3.67. The molecule has 2 aromatic heterocycles. The summed E-state index contributed by atoms with van der Waals surface area (Å²) in [6.45, 7) is 0.452. The maximum atomic E-state index is 13.1. The summed E-state index contributed by atoms with van der Waals surface area (Å²) in [5.41, 5.74) is 2.51. The smallest absolute Gasteiger partial charge is 0.262 e. The molecule has 1 fully saturated rings. The summed E-state index contributed by atoms with van der Waals surface area (Å²) in [6, 6.07) is 11.7. The molecule has 28 heavy (non-hydrogen) atoms. The van der Waals surface area contributed by atoms with Crippen LogP contribution in [0.25, 0.3) is 0 Å². The van der Waals surface area contributed by atoms with Crippen molar-refractivity contribution in [3.8, 4) is 0 Å². The first-order valence-electron chi connectivity index (χ1n) is 9.13. The number of aromatic nitrogens is 3. The number of rotatable bonds is 5. The first-order chi connectivity index (χ1) is 13.4. The van der Waals surface area contributed by atoms with E-state index < -0.39 is 10.0 Å². The average molecular weight is 400 g/mol. The minimum absolute atomic E-state index is 0.0596. The van der Waals surface area contributed by atoms with Crippen LogP contribution in [0.5, 0.6) is 0 Å². The lowest BCUT2D eigenvalue weighted by Crippen LogP contribution is -2.31. The van der Waals surface area contributed by atoms with Gasteiger partial charge in [0.1, 0.15) is 5.82 Å². The molecule has 6 nitrogen and oxygen atoms in total. The second-order valence-electron chi connectivity index (χ2n) is 7.01. The number of benzene rings is 1. The van der Waals surface area contributed by atoms with E-state index in [0.717, 1.165) is 29.8 Å². The van der Waals surface area contributed by atoms with Crippen LogP contribution >= 0.6 is 0 Å². The number of halogens is 1. The highest BCUT2D eigenvalue weighted by molar-refractivity contribution is 7.89. The van der Waals surface area contributed by atoms with Crippen molar-refractivity contribution in [2.24, 2.45) is 7.05 Å². The van der Waals surface area contributed by atoms with Gasteiger partial charge in [-0.3, -0.25) is 4.98 Å². The monoisotopic (exact) mass is 400 g/mol. The molecule has 0 spiro atoms. The summed E-state index contributed by atoms with van der Waals surface area (Å²) in [6.07, 6.45) is 5.07. The summed E-state index contributed by atoms with van der Waals surface area (Å²) in [5, 5.41) is 0.0596. The molecule has 8 heteroatoms. The lowest BCUT2D eigenvalue weighted by molar-refractivity contribution is 0.388. The van der Waals surface area contributed by atoms with E-state index in [0.29, 0.717) is 13.0 Å². The van der Waals surface area contributed by atoms with Gasteiger partial charge in [-0.2, -0.15) is 4.31 Å². The van der Waals surface area contributed by atoms with Crippen LogP contribution in [-0.4, -0.2) is 33.8 Å². The zero-order valence-electron chi connectivity index (χ0n) is 15.5. The Labute approximate surface area is 163 Å². The molecule has 146 valence electrons. The Morgan fingerprint density at radius 2 is 1.96 bits per heavy atom. The van der Waals surface area contributed by atoms with Crippen LogP contribution in [-0.2, 0) is 23.5 Å². The van der Waals surface area contributed by atoms with Crippen molar-refractivity contribution in [3.05, 3.63) is 77.8 Å². The summed E-state index contributed by atoms with van der Waals surface area (Å²) < 4.78 is 42.3. The molecular formula is C20H21FN4O2S. The molecule has 1 aliphatic rings. The molecular weight excluding hydrogens is 379 g/mol. The minimum Gasteiger partial charge on any atom is -0.339 e. The van der Waals surface area contributed by atoms with E-state index in [1.807, 2.05) is 18.2 Å². The van der Waals surface area contributed by atoms with Crippen molar-refractivity contribution in [1.82, 2.24) is 18.8 Å². The maximum Gasteiger partial charge on any atom is 0.262 e. The summed E-state index contributed by atoms with van der Waals surface area (Å²) >= 11 is 0. The molecule has 0 saturated carbocycles. The molecule has 0 radical (unpaired) electrons. The molecule has 0 bridgehead atoms. The van der Waals surface area contributed by atoms with Crippen molar-refractivity contribution < 1.29 is 12.8 Å². The number of hydrogen-bond acceptors (Lipinski definition) is 4. The zero-order valence-corrected chi connectivity index (χ0v) is 16.3. The fourth-order valence-corrected chi connectivity index (χ4v) is 5.20. The van der Waals surface area contributed by atoms with Crippen molar-refractivity contribution in [1.29, 1.82) is 0 Å². The van der Waals surface area contributed by atoms with Crippen molar-refractivity contribution >= 4 is 10.0 Å². The van der Waals surface area contributed by atoms with Crippen LogP contribution < -0.4 is 0 Å². The van der Waals surface area contributed by atoms with Gasteiger partial charge >= 0.3 is 0 Å². The molecule has 0 aliphatic carbocycles. The van der Waals surface area contributed by atoms with Gasteiger partial charge in [0.2, 0.25) is 0 Å². The Morgan fingerprint density at radius 1 is 1.18 bits per heavy atom. The molecule has 1 aliphatic heterocycles. The number of imidazole rings is 1. The Kier molecular flexibility index (Phi) is 4.99. The summed E-state index contributed by atoms with van der Waals surface area (Å²) in [4.78, 5) is 8.73. The van der Waals surface area contributed by atoms with Crippen LogP contribution in [0.4, 0.5) is 4.39 Å². The molecule has 3 heterocycles. The van der Waals surface area contributed by atoms with Crippen LogP contribution in [0.1, 0.15) is 35.8 Å². The highest BCUT2D eigenvalue weighted by Gasteiger charge is 2.38. The van der Waals surface area contributed by atoms with E-state index >= 15 is 0 Å². The Hall–Kier alpha value is -2.58. The van der Waals surface area contributed by atoms with Gasteiger partial charge in [-0.25, -0.2) is 17.8 Å². The van der Waals surface area contributed by atoms with Crippen molar-refractivity contribution in [2.45, 2.75) is 30.3 Å².